The fraction of sp³-hybridized carbons (Fsp3) is 0.458. The Morgan fingerprint density at radius 3 is 2.71 bits per heavy atom. The van der Waals surface area contributed by atoms with Crippen molar-refractivity contribution in [2.75, 3.05) is 31.0 Å². The summed E-state index contributed by atoms with van der Waals surface area (Å²) in [5.41, 5.74) is 0.457. The molecule has 0 saturated heterocycles. The van der Waals surface area contributed by atoms with Crippen LogP contribution in [0.5, 0.6) is 5.88 Å². The number of rotatable bonds is 9. The Kier molecular flexibility index (Phi) is 7.90. The highest BCUT2D eigenvalue weighted by molar-refractivity contribution is 6.02. The number of Topliss-reactive ketones (excluding diaryl/α,β-unsaturated/α-hetero) is 1. The van der Waals surface area contributed by atoms with E-state index in [1.165, 1.54) is 22.7 Å². The van der Waals surface area contributed by atoms with Gasteiger partial charge in [0.15, 0.2) is 11.4 Å². The van der Waals surface area contributed by atoms with E-state index in [0.29, 0.717) is 35.2 Å². The van der Waals surface area contributed by atoms with Gasteiger partial charge in [0.25, 0.3) is 0 Å². The van der Waals surface area contributed by atoms with Crippen molar-refractivity contribution in [1.29, 1.82) is 0 Å². The highest BCUT2D eigenvalue weighted by Crippen LogP contribution is 2.28. The number of carbonyl (C=O) groups excluding carboxylic acids is 2. The van der Waals surface area contributed by atoms with Crippen molar-refractivity contribution in [2.24, 2.45) is 5.92 Å². The molecule has 3 aromatic rings. The summed E-state index contributed by atoms with van der Waals surface area (Å²) in [6, 6.07) is 5.14. The summed E-state index contributed by atoms with van der Waals surface area (Å²) < 4.78 is 12.3. The van der Waals surface area contributed by atoms with E-state index < -0.39 is 11.7 Å². The molecule has 0 aromatic carbocycles. The number of anilines is 3. The van der Waals surface area contributed by atoms with Gasteiger partial charge in [-0.2, -0.15) is 9.61 Å². The van der Waals surface area contributed by atoms with Crippen LogP contribution in [-0.4, -0.2) is 62.9 Å². The van der Waals surface area contributed by atoms with Crippen molar-refractivity contribution in [2.45, 2.75) is 46.1 Å². The molecule has 1 atom stereocenters. The van der Waals surface area contributed by atoms with Crippen LogP contribution in [0.15, 0.2) is 30.6 Å². The number of fused-ring (bicyclic) bond motifs is 1. The number of nitrogens with one attached hydrogen (secondary N) is 1. The summed E-state index contributed by atoms with van der Waals surface area (Å²) in [6.45, 7) is 7.22. The molecule has 11 heteroatoms. The van der Waals surface area contributed by atoms with Crippen molar-refractivity contribution in [3.8, 4) is 5.88 Å². The first-order chi connectivity index (χ1) is 16.5. The Hall–Kier alpha value is -3.73. The maximum absolute atomic E-state index is 13.0. The average Bonchev–Trinajstić information content (AvgIpc) is 3.24. The van der Waals surface area contributed by atoms with Crippen LogP contribution in [0.2, 0.25) is 0 Å². The van der Waals surface area contributed by atoms with E-state index in [1.807, 2.05) is 6.92 Å². The third-order valence-electron chi connectivity index (χ3n) is 5.17. The zero-order valence-corrected chi connectivity index (χ0v) is 20.9. The summed E-state index contributed by atoms with van der Waals surface area (Å²) in [5.74, 6) is 0.900. The van der Waals surface area contributed by atoms with Gasteiger partial charge < -0.3 is 19.9 Å². The maximum atomic E-state index is 13.0. The van der Waals surface area contributed by atoms with E-state index in [0.717, 1.165) is 0 Å². The molecule has 0 radical (unpaired) electrons. The zero-order chi connectivity index (χ0) is 25.8. The van der Waals surface area contributed by atoms with Crippen LogP contribution >= 0.6 is 0 Å². The number of pyridine rings is 1. The molecule has 0 aliphatic carbocycles. The standard InChI is InChI=1S/C24H32N6O5/c1-15(14-31)9-10-18(32)16-13-26-30-20(29(5)23(33)35-24(2,3)4)12-19(28-21(16)30)27-17-8-7-11-25-22(17)34-6/h7-8,11-13,15,31H,9-10,14H2,1-6H3,(H,27,28). The molecular weight excluding hydrogens is 452 g/mol. The number of aliphatic hydroxyl groups excluding tert-OH is 1. The summed E-state index contributed by atoms with van der Waals surface area (Å²) in [6.07, 6.45) is 3.21. The highest BCUT2D eigenvalue weighted by atomic mass is 16.6. The van der Waals surface area contributed by atoms with Crippen LogP contribution < -0.4 is 15.0 Å². The predicted molar refractivity (Wildman–Crippen MR) is 132 cm³/mol. The average molecular weight is 485 g/mol. The monoisotopic (exact) mass is 484 g/mol. The molecule has 0 saturated carbocycles. The van der Waals surface area contributed by atoms with E-state index >= 15 is 0 Å². The second-order valence-electron chi connectivity index (χ2n) is 9.27. The molecule has 0 aliphatic rings. The number of nitrogens with zero attached hydrogens (tertiary/aromatic N) is 5. The fourth-order valence-electron chi connectivity index (χ4n) is 3.26. The van der Waals surface area contributed by atoms with Crippen LogP contribution in [-0.2, 0) is 4.74 Å². The molecule has 0 spiro atoms. The van der Waals surface area contributed by atoms with Gasteiger partial charge in [-0.15, -0.1) is 0 Å². The third-order valence-corrected chi connectivity index (χ3v) is 5.17. The minimum atomic E-state index is -0.698. The van der Waals surface area contributed by atoms with Crippen molar-refractivity contribution in [3.63, 3.8) is 0 Å². The van der Waals surface area contributed by atoms with E-state index in [2.05, 4.69) is 20.4 Å². The first-order valence-corrected chi connectivity index (χ1v) is 11.3. The number of aromatic nitrogens is 4. The maximum Gasteiger partial charge on any atom is 0.415 e. The zero-order valence-electron chi connectivity index (χ0n) is 20.9. The predicted octanol–water partition coefficient (Wildman–Crippen LogP) is 3.84. The van der Waals surface area contributed by atoms with E-state index in [9.17, 15) is 14.7 Å². The quantitative estimate of drug-likeness (QED) is 0.435. The summed E-state index contributed by atoms with van der Waals surface area (Å²) >= 11 is 0. The van der Waals surface area contributed by atoms with Crippen molar-refractivity contribution < 1.29 is 24.2 Å². The first kappa shape index (κ1) is 25.9. The summed E-state index contributed by atoms with van der Waals surface area (Å²) in [4.78, 5) is 35.9. The molecular formula is C24H32N6O5. The van der Waals surface area contributed by atoms with Crippen molar-refractivity contribution in [1.82, 2.24) is 19.6 Å². The van der Waals surface area contributed by atoms with Gasteiger partial charge in [-0.05, 0) is 45.2 Å². The summed E-state index contributed by atoms with van der Waals surface area (Å²) in [5, 5.41) is 16.8. The minimum absolute atomic E-state index is 0.00196. The van der Waals surface area contributed by atoms with Crippen LogP contribution in [0.3, 0.4) is 0 Å². The molecule has 0 aliphatic heterocycles. The number of hydrogen-bond donors (Lipinski definition) is 2. The van der Waals surface area contributed by atoms with E-state index in [1.54, 1.807) is 52.2 Å². The Labute approximate surface area is 204 Å². The number of carbonyl (C=O) groups is 2. The van der Waals surface area contributed by atoms with E-state index in [-0.39, 0.29) is 30.4 Å². The number of hydrogen-bond acceptors (Lipinski definition) is 9. The Morgan fingerprint density at radius 2 is 2.06 bits per heavy atom. The van der Waals surface area contributed by atoms with Gasteiger partial charge in [0.1, 0.15) is 22.9 Å². The SMILES string of the molecule is COc1ncccc1Nc1cc(N(C)C(=O)OC(C)(C)C)n2ncc(C(=O)CCC(C)CO)c2n1. The molecule has 3 rings (SSSR count). The molecule has 188 valence electrons. The normalized spacial score (nSPS) is 12.3. The molecule has 3 heterocycles. The van der Waals surface area contributed by atoms with Gasteiger partial charge in [-0.25, -0.2) is 14.8 Å². The highest BCUT2D eigenvalue weighted by Gasteiger charge is 2.25. The van der Waals surface area contributed by atoms with Crippen LogP contribution in [0.1, 0.15) is 50.9 Å². The van der Waals surface area contributed by atoms with Gasteiger partial charge >= 0.3 is 6.09 Å². The van der Waals surface area contributed by atoms with E-state index in [4.69, 9.17) is 9.47 Å². The number of aliphatic hydroxyl groups is 1. The molecule has 1 unspecified atom stereocenters. The molecule has 0 fully saturated rings. The molecule has 2 N–H and O–H groups in total. The second-order valence-corrected chi connectivity index (χ2v) is 9.27. The van der Waals surface area contributed by atoms with Crippen molar-refractivity contribution >= 4 is 34.8 Å². The van der Waals surface area contributed by atoms with Crippen molar-refractivity contribution in [3.05, 3.63) is 36.2 Å². The van der Waals surface area contributed by atoms with Gasteiger partial charge in [-0.1, -0.05) is 6.92 Å². The lowest BCUT2D eigenvalue weighted by molar-refractivity contribution is 0.0587. The van der Waals surface area contributed by atoms with Gasteiger partial charge in [0.2, 0.25) is 5.88 Å². The smallest absolute Gasteiger partial charge is 0.415 e. The number of ether oxygens (including phenoxy) is 2. The Morgan fingerprint density at radius 1 is 1.31 bits per heavy atom. The molecule has 11 nitrogen and oxygen atoms in total. The molecule has 0 bridgehead atoms. The second kappa shape index (κ2) is 10.7. The van der Waals surface area contributed by atoms with Crippen LogP contribution in [0, 0.1) is 5.92 Å². The topological polar surface area (TPSA) is 131 Å². The van der Waals surface area contributed by atoms with Crippen LogP contribution in [0.25, 0.3) is 5.65 Å². The lowest BCUT2D eigenvalue weighted by Crippen LogP contribution is -2.35. The van der Waals surface area contributed by atoms with Gasteiger partial charge in [-0.3, -0.25) is 9.69 Å². The Bertz CT molecular complexity index is 1200. The minimum Gasteiger partial charge on any atom is -0.480 e. The number of ketones is 1. The third kappa shape index (κ3) is 6.24. The lowest BCUT2D eigenvalue weighted by Gasteiger charge is -2.25. The molecule has 1 amide bonds. The summed E-state index contributed by atoms with van der Waals surface area (Å²) in [7, 11) is 3.07. The molecule has 3 aromatic heterocycles. The number of amides is 1. The van der Waals surface area contributed by atoms with Gasteiger partial charge in [0, 0.05) is 32.3 Å². The lowest BCUT2D eigenvalue weighted by atomic mass is 10.0. The Balaban J connectivity index is 2.07. The fourth-order valence-corrected chi connectivity index (χ4v) is 3.26. The molecule has 35 heavy (non-hydrogen) atoms. The van der Waals surface area contributed by atoms with Gasteiger partial charge in [0.05, 0.1) is 18.9 Å². The number of methoxy groups -OCH3 is 1. The van der Waals surface area contributed by atoms with Crippen LogP contribution in [0.4, 0.5) is 22.1 Å². The first-order valence-electron chi connectivity index (χ1n) is 11.3. The largest absolute Gasteiger partial charge is 0.480 e.